The SMILES string of the molecule is O=C(c1ccc(F)c(Br)c1)c1ccc(O)cc1O. The van der Waals surface area contributed by atoms with Crippen LogP contribution in [0.3, 0.4) is 0 Å². The van der Waals surface area contributed by atoms with Crippen molar-refractivity contribution in [1.29, 1.82) is 0 Å². The largest absolute Gasteiger partial charge is 0.508 e. The molecule has 0 aliphatic rings. The third-order valence-corrected chi connectivity index (χ3v) is 3.02. The molecule has 2 aromatic carbocycles. The van der Waals surface area contributed by atoms with E-state index in [0.717, 1.165) is 12.1 Å². The van der Waals surface area contributed by atoms with Crippen LogP contribution in [0.2, 0.25) is 0 Å². The minimum atomic E-state index is -0.471. The molecule has 0 saturated carbocycles. The molecule has 0 atom stereocenters. The average molecular weight is 311 g/mol. The number of aromatic hydroxyl groups is 2. The summed E-state index contributed by atoms with van der Waals surface area (Å²) in [6, 6.07) is 7.51. The molecule has 3 nitrogen and oxygen atoms in total. The molecule has 2 rings (SSSR count). The topological polar surface area (TPSA) is 57.5 Å². The van der Waals surface area contributed by atoms with Gasteiger partial charge in [0.2, 0.25) is 0 Å². The molecule has 2 aromatic rings. The number of phenolic OH excluding ortho intramolecular Hbond substituents is 2. The van der Waals surface area contributed by atoms with Gasteiger partial charge in [-0.1, -0.05) is 0 Å². The molecule has 92 valence electrons. The standard InChI is InChI=1S/C13H8BrFO3/c14-10-5-7(1-4-11(10)15)13(18)9-3-2-8(16)6-12(9)17/h1-6,16-17H. The lowest BCUT2D eigenvalue weighted by molar-refractivity contribution is 0.103. The first kappa shape index (κ1) is 12.6. The fraction of sp³-hybridized carbons (Fsp3) is 0. The molecular weight excluding hydrogens is 303 g/mol. The highest BCUT2D eigenvalue weighted by Gasteiger charge is 2.15. The molecule has 0 aliphatic carbocycles. The molecule has 0 saturated heterocycles. The Morgan fingerprint density at radius 3 is 2.44 bits per heavy atom. The third-order valence-electron chi connectivity index (χ3n) is 2.41. The Balaban J connectivity index is 2.44. The zero-order valence-corrected chi connectivity index (χ0v) is 10.6. The Morgan fingerprint density at radius 2 is 1.83 bits per heavy atom. The van der Waals surface area contributed by atoms with Gasteiger partial charge in [0.05, 0.1) is 10.0 Å². The molecule has 0 aliphatic heterocycles. The van der Waals surface area contributed by atoms with Crippen LogP contribution in [0.1, 0.15) is 15.9 Å². The predicted molar refractivity (Wildman–Crippen MR) is 67.3 cm³/mol. The van der Waals surface area contributed by atoms with E-state index >= 15 is 0 Å². The average Bonchev–Trinajstić information content (AvgIpc) is 2.32. The van der Waals surface area contributed by atoms with Crippen LogP contribution in [0.4, 0.5) is 4.39 Å². The summed E-state index contributed by atoms with van der Waals surface area (Å²) in [5, 5.41) is 18.7. The van der Waals surface area contributed by atoms with Crippen LogP contribution in [0.15, 0.2) is 40.9 Å². The molecule has 0 amide bonds. The van der Waals surface area contributed by atoms with Crippen LogP contribution in [0, 0.1) is 5.82 Å². The van der Waals surface area contributed by atoms with E-state index in [9.17, 15) is 14.3 Å². The van der Waals surface area contributed by atoms with Crippen LogP contribution in [-0.4, -0.2) is 16.0 Å². The fourth-order valence-electron chi connectivity index (χ4n) is 1.50. The van der Waals surface area contributed by atoms with Gasteiger partial charge in [0, 0.05) is 11.6 Å². The number of carbonyl (C=O) groups excluding carboxylic acids is 1. The Kier molecular flexibility index (Phi) is 3.34. The van der Waals surface area contributed by atoms with Crippen LogP contribution in [0.25, 0.3) is 0 Å². The Bertz CT molecular complexity index is 626. The van der Waals surface area contributed by atoms with E-state index in [1.807, 2.05) is 0 Å². The maximum Gasteiger partial charge on any atom is 0.196 e. The summed E-state index contributed by atoms with van der Waals surface area (Å²) in [6.45, 7) is 0. The third kappa shape index (κ3) is 2.36. The van der Waals surface area contributed by atoms with E-state index in [1.54, 1.807) is 0 Å². The lowest BCUT2D eigenvalue weighted by Crippen LogP contribution is -2.02. The van der Waals surface area contributed by atoms with Crippen molar-refractivity contribution in [1.82, 2.24) is 0 Å². The van der Waals surface area contributed by atoms with Crippen LogP contribution < -0.4 is 0 Å². The van der Waals surface area contributed by atoms with Crippen molar-refractivity contribution >= 4 is 21.7 Å². The molecule has 0 fully saturated rings. The lowest BCUT2D eigenvalue weighted by atomic mass is 10.0. The van der Waals surface area contributed by atoms with Gasteiger partial charge in [0.25, 0.3) is 0 Å². The first-order chi connectivity index (χ1) is 8.49. The Hall–Kier alpha value is -1.88. The molecule has 0 radical (unpaired) electrons. The van der Waals surface area contributed by atoms with Crippen molar-refractivity contribution in [3.63, 3.8) is 0 Å². The second-order valence-electron chi connectivity index (χ2n) is 3.66. The van der Waals surface area contributed by atoms with Crippen molar-refractivity contribution in [3.8, 4) is 11.5 Å². The van der Waals surface area contributed by atoms with Gasteiger partial charge < -0.3 is 10.2 Å². The number of halogens is 2. The number of hydrogen-bond donors (Lipinski definition) is 2. The number of ketones is 1. The maximum absolute atomic E-state index is 13.1. The van der Waals surface area contributed by atoms with Gasteiger partial charge in [-0.05, 0) is 46.3 Å². The Morgan fingerprint density at radius 1 is 1.11 bits per heavy atom. The van der Waals surface area contributed by atoms with Crippen molar-refractivity contribution in [3.05, 3.63) is 57.8 Å². The van der Waals surface area contributed by atoms with E-state index < -0.39 is 11.6 Å². The minimum Gasteiger partial charge on any atom is -0.508 e. The van der Waals surface area contributed by atoms with Crippen LogP contribution >= 0.6 is 15.9 Å². The summed E-state index contributed by atoms with van der Waals surface area (Å²) >= 11 is 2.99. The number of hydrogen-bond acceptors (Lipinski definition) is 3. The van der Waals surface area contributed by atoms with E-state index in [0.29, 0.717) is 0 Å². The second kappa shape index (κ2) is 4.78. The molecule has 0 unspecified atom stereocenters. The van der Waals surface area contributed by atoms with Gasteiger partial charge >= 0.3 is 0 Å². The van der Waals surface area contributed by atoms with Gasteiger partial charge in [0.15, 0.2) is 5.78 Å². The van der Waals surface area contributed by atoms with E-state index in [1.165, 1.54) is 24.3 Å². The van der Waals surface area contributed by atoms with Crippen molar-refractivity contribution < 1.29 is 19.4 Å². The molecule has 0 aromatic heterocycles. The van der Waals surface area contributed by atoms with Gasteiger partial charge in [0.1, 0.15) is 17.3 Å². The fourth-order valence-corrected chi connectivity index (χ4v) is 1.88. The van der Waals surface area contributed by atoms with Crippen molar-refractivity contribution in [2.75, 3.05) is 0 Å². The summed E-state index contributed by atoms with van der Waals surface area (Å²) in [4.78, 5) is 12.1. The predicted octanol–water partition coefficient (Wildman–Crippen LogP) is 3.23. The lowest BCUT2D eigenvalue weighted by Gasteiger charge is -2.05. The van der Waals surface area contributed by atoms with E-state index in [4.69, 9.17) is 5.11 Å². The highest BCUT2D eigenvalue weighted by Crippen LogP contribution is 2.26. The first-order valence-corrected chi connectivity index (χ1v) is 5.80. The normalized spacial score (nSPS) is 10.3. The first-order valence-electron chi connectivity index (χ1n) is 5.01. The molecular formula is C13H8BrFO3. The summed E-state index contributed by atoms with van der Waals surface area (Å²) in [5.74, 6) is -1.38. The van der Waals surface area contributed by atoms with Crippen molar-refractivity contribution in [2.45, 2.75) is 0 Å². The van der Waals surface area contributed by atoms with E-state index in [-0.39, 0.29) is 27.1 Å². The summed E-state index contributed by atoms with van der Waals surface area (Å²) in [7, 11) is 0. The molecule has 0 bridgehead atoms. The van der Waals surface area contributed by atoms with Crippen LogP contribution in [-0.2, 0) is 0 Å². The molecule has 2 N–H and O–H groups in total. The smallest absolute Gasteiger partial charge is 0.196 e. The number of benzene rings is 2. The zero-order chi connectivity index (χ0) is 13.3. The van der Waals surface area contributed by atoms with Crippen LogP contribution in [0.5, 0.6) is 11.5 Å². The maximum atomic E-state index is 13.1. The number of carbonyl (C=O) groups is 1. The second-order valence-corrected chi connectivity index (χ2v) is 4.51. The van der Waals surface area contributed by atoms with Gasteiger partial charge in [-0.3, -0.25) is 4.79 Å². The van der Waals surface area contributed by atoms with Crippen molar-refractivity contribution in [2.24, 2.45) is 0 Å². The molecule has 0 spiro atoms. The minimum absolute atomic E-state index is 0.0475. The number of phenols is 2. The van der Waals surface area contributed by atoms with Gasteiger partial charge in [-0.2, -0.15) is 0 Å². The summed E-state index contributed by atoms with van der Waals surface area (Å²) in [6.07, 6.45) is 0. The quantitative estimate of drug-likeness (QED) is 0.837. The monoisotopic (exact) mass is 310 g/mol. The van der Waals surface area contributed by atoms with Gasteiger partial charge in [-0.25, -0.2) is 4.39 Å². The molecule has 0 heterocycles. The summed E-state index contributed by atoms with van der Waals surface area (Å²) in [5.41, 5.74) is 0.288. The Labute approximate surface area is 111 Å². The summed E-state index contributed by atoms with van der Waals surface area (Å²) < 4.78 is 13.2. The molecule has 18 heavy (non-hydrogen) atoms. The highest BCUT2D eigenvalue weighted by atomic mass is 79.9. The molecule has 5 heteroatoms. The number of rotatable bonds is 2. The van der Waals surface area contributed by atoms with E-state index in [2.05, 4.69) is 15.9 Å². The highest BCUT2D eigenvalue weighted by molar-refractivity contribution is 9.10. The van der Waals surface area contributed by atoms with Gasteiger partial charge in [-0.15, -0.1) is 0 Å². The zero-order valence-electron chi connectivity index (χ0n) is 9.02.